The number of benzene rings is 1. The van der Waals surface area contributed by atoms with Crippen LogP contribution in [0.15, 0.2) is 24.3 Å². The lowest BCUT2D eigenvalue weighted by atomic mass is 9.99. The summed E-state index contributed by atoms with van der Waals surface area (Å²) in [5.74, 6) is 0.617. The third-order valence-corrected chi connectivity index (χ3v) is 3.36. The first kappa shape index (κ1) is 14.2. The highest BCUT2D eigenvalue weighted by Gasteiger charge is 2.09. The molecule has 1 N–H and O–H groups in total. The maximum Gasteiger partial charge on any atom is 0.0294 e. The average Bonchev–Trinajstić information content (AvgIpc) is 2.29. The largest absolute Gasteiger partial charge is 0.308 e. The lowest BCUT2D eigenvalue weighted by molar-refractivity contribution is 0.452. The first-order chi connectivity index (χ1) is 8.04. The molecule has 1 rings (SSSR count). The lowest BCUT2D eigenvalue weighted by Crippen LogP contribution is -2.28. The van der Waals surface area contributed by atoms with Crippen LogP contribution in [-0.2, 0) is 0 Å². The molecule has 0 bridgehead atoms. The third-order valence-electron chi connectivity index (χ3n) is 3.36. The molecule has 0 spiro atoms. The molecule has 2 unspecified atom stereocenters. The van der Waals surface area contributed by atoms with Gasteiger partial charge in [-0.15, -0.1) is 0 Å². The van der Waals surface area contributed by atoms with Crippen molar-refractivity contribution in [2.75, 3.05) is 0 Å². The van der Waals surface area contributed by atoms with Crippen molar-refractivity contribution in [3.8, 4) is 0 Å². The first-order valence-corrected chi connectivity index (χ1v) is 6.90. The highest BCUT2D eigenvalue weighted by Crippen LogP contribution is 2.19. The molecule has 0 heterocycles. The summed E-state index contributed by atoms with van der Waals surface area (Å²) in [6.45, 7) is 11.2. The van der Waals surface area contributed by atoms with E-state index in [1.807, 2.05) is 0 Å². The molecule has 0 aliphatic heterocycles. The number of hydrogen-bond donors (Lipinski definition) is 1. The van der Waals surface area contributed by atoms with Crippen LogP contribution in [0.4, 0.5) is 0 Å². The van der Waals surface area contributed by atoms with Crippen molar-refractivity contribution < 1.29 is 0 Å². The van der Waals surface area contributed by atoms with E-state index in [4.69, 9.17) is 0 Å². The molecule has 17 heavy (non-hydrogen) atoms. The Labute approximate surface area is 107 Å². The van der Waals surface area contributed by atoms with Gasteiger partial charge in [-0.3, -0.25) is 0 Å². The van der Waals surface area contributed by atoms with Crippen LogP contribution in [0.3, 0.4) is 0 Å². The van der Waals surface area contributed by atoms with Gasteiger partial charge in [-0.2, -0.15) is 0 Å². The van der Waals surface area contributed by atoms with Gasteiger partial charge in [-0.1, -0.05) is 51.5 Å². The molecule has 0 radical (unpaired) electrons. The Morgan fingerprint density at radius 1 is 0.941 bits per heavy atom. The zero-order chi connectivity index (χ0) is 12.8. The fraction of sp³-hybridized carbons (Fsp3) is 0.625. The van der Waals surface area contributed by atoms with E-state index in [1.165, 1.54) is 24.0 Å². The molecule has 0 amide bonds. The molecule has 1 heteroatoms. The second kappa shape index (κ2) is 6.80. The van der Waals surface area contributed by atoms with Crippen LogP contribution in [0, 0.1) is 0 Å². The second-order valence-electron chi connectivity index (χ2n) is 5.40. The van der Waals surface area contributed by atoms with Crippen molar-refractivity contribution in [3.63, 3.8) is 0 Å². The van der Waals surface area contributed by atoms with Gasteiger partial charge in [-0.05, 0) is 37.3 Å². The van der Waals surface area contributed by atoms with Crippen LogP contribution < -0.4 is 5.32 Å². The quantitative estimate of drug-likeness (QED) is 0.754. The minimum Gasteiger partial charge on any atom is -0.308 e. The lowest BCUT2D eigenvalue weighted by Gasteiger charge is -2.20. The van der Waals surface area contributed by atoms with Crippen LogP contribution in [0.2, 0.25) is 0 Å². The molecular weight excluding hydrogens is 206 g/mol. The molecule has 1 nitrogen and oxygen atoms in total. The predicted molar refractivity (Wildman–Crippen MR) is 76.5 cm³/mol. The Hall–Kier alpha value is -0.820. The standard InChI is InChI=1S/C16H27N/c1-6-7-13(4)17-14(5)16-10-8-15(9-11-16)12(2)3/h8-14,17H,6-7H2,1-5H3. The molecule has 96 valence electrons. The number of rotatable bonds is 6. The Balaban J connectivity index is 2.60. The Kier molecular flexibility index (Phi) is 5.70. The van der Waals surface area contributed by atoms with Crippen molar-refractivity contribution >= 4 is 0 Å². The van der Waals surface area contributed by atoms with Gasteiger partial charge in [0.15, 0.2) is 0 Å². The fourth-order valence-corrected chi connectivity index (χ4v) is 2.21. The Morgan fingerprint density at radius 2 is 1.47 bits per heavy atom. The highest BCUT2D eigenvalue weighted by molar-refractivity contribution is 5.26. The van der Waals surface area contributed by atoms with Crippen LogP contribution in [0.25, 0.3) is 0 Å². The highest BCUT2D eigenvalue weighted by atomic mass is 14.9. The van der Waals surface area contributed by atoms with Gasteiger partial charge >= 0.3 is 0 Å². The average molecular weight is 233 g/mol. The van der Waals surface area contributed by atoms with Gasteiger partial charge in [0.25, 0.3) is 0 Å². The van der Waals surface area contributed by atoms with Crippen LogP contribution >= 0.6 is 0 Å². The number of nitrogens with one attached hydrogen (secondary N) is 1. The summed E-state index contributed by atoms with van der Waals surface area (Å²) < 4.78 is 0. The van der Waals surface area contributed by atoms with E-state index < -0.39 is 0 Å². The van der Waals surface area contributed by atoms with Crippen molar-refractivity contribution in [2.45, 2.75) is 65.5 Å². The van der Waals surface area contributed by atoms with E-state index in [1.54, 1.807) is 0 Å². The summed E-state index contributed by atoms with van der Waals surface area (Å²) >= 11 is 0. The van der Waals surface area contributed by atoms with Crippen molar-refractivity contribution in [1.29, 1.82) is 0 Å². The van der Waals surface area contributed by atoms with Crippen LogP contribution in [0.5, 0.6) is 0 Å². The van der Waals surface area contributed by atoms with E-state index in [9.17, 15) is 0 Å². The summed E-state index contributed by atoms with van der Waals surface area (Å²) in [4.78, 5) is 0. The maximum atomic E-state index is 3.65. The van der Waals surface area contributed by atoms with Crippen LogP contribution in [-0.4, -0.2) is 6.04 Å². The van der Waals surface area contributed by atoms with Gasteiger partial charge in [0.05, 0.1) is 0 Å². The van der Waals surface area contributed by atoms with Gasteiger partial charge < -0.3 is 5.32 Å². The zero-order valence-electron chi connectivity index (χ0n) is 12.0. The summed E-state index contributed by atoms with van der Waals surface area (Å²) in [7, 11) is 0. The van der Waals surface area contributed by atoms with E-state index in [2.05, 4.69) is 64.2 Å². The first-order valence-electron chi connectivity index (χ1n) is 6.90. The minimum absolute atomic E-state index is 0.442. The van der Waals surface area contributed by atoms with Crippen molar-refractivity contribution in [2.24, 2.45) is 0 Å². The zero-order valence-corrected chi connectivity index (χ0v) is 12.0. The molecule has 2 atom stereocenters. The molecule has 1 aromatic rings. The fourth-order valence-electron chi connectivity index (χ4n) is 2.21. The normalized spacial score (nSPS) is 14.9. The molecule has 1 aromatic carbocycles. The summed E-state index contributed by atoms with van der Waals surface area (Å²) in [6, 6.07) is 10.1. The molecule has 0 saturated heterocycles. The molecular formula is C16H27N. The van der Waals surface area contributed by atoms with Gasteiger partial charge in [0.2, 0.25) is 0 Å². The topological polar surface area (TPSA) is 12.0 Å². The van der Waals surface area contributed by atoms with Crippen molar-refractivity contribution in [1.82, 2.24) is 5.32 Å². The Bertz CT molecular complexity index is 313. The van der Waals surface area contributed by atoms with E-state index >= 15 is 0 Å². The van der Waals surface area contributed by atoms with Gasteiger partial charge in [-0.25, -0.2) is 0 Å². The summed E-state index contributed by atoms with van der Waals surface area (Å²) in [5.41, 5.74) is 2.81. The smallest absolute Gasteiger partial charge is 0.0294 e. The monoisotopic (exact) mass is 233 g/mol. The Morgan fingerprint density at radius 3 is 1.94 bits per heavy atom. The molecule has 0 saturated carbocycles. The van der Waals surface area contributed by atoms with Gasteiger partial charge in [0, 0.05) is 12.1 Å². The van der Waals surface area contributed by atoms with Crippen LogP contribution in [0.1, 0.15) is 70.5 Å². The van der Waals surface area contributed by atoms with Crippen molar-refractivity contribution in [3.05, 3.63) is 35.4 Å². The predicted octanol–water partition coefficient (Wildman–Crippen LogP) is 4.65. The summed E-state index contributed by atoms with van der Waals surface area (Å²) in [5, 5.41) is 3.65. The maximum absolute atomic E-state index is 3.65. The SMILES string of the molecule is CCCC(C)NC(C)c1ccc(C(C)C)cc1. The van der Waals surface area contributed by atoms with E-state index in [0.717, 1.165) is 0 Å². The second-order valence-corrected chi connectivity index (χ2v) is 5.40. The molecule has 0 aliphatic rings. The van der Waals surface area contributed by atoms with E-state index in [0.29, 0.717) is 18.0 Å². The molecule has 0 aliphatic carbocycles. The summed E-state index contributed by atoms with van der Waals surface area (Å²) in [6.07, 6.45) is 2.49. The van der Waals surface area contributed by atoms with E-state index in [-0.39, 0.29) is 0 Å². The molecule has 0 fully saturated rings. The van der Waals surface area contributed by atoms with Gasteiger partial charge in [0.1, 0.15) is 0 Å². The minimum atomic E-state index is 0.442. The molecule has 0 aromatic heterocycles. The third kappa shape index (κ3) is 4.51. The number of hydrogen-bond acceptors (Lipinski definition) is 1.